The van der Waals surface area contributed by atoms with Gasteiger partial charge in [0.25, 0.3) is 0 Å². The zero-order valence-corrected chi connectivity index (χ0v) is 10.9. The summed E-state index contributed by atoms with van der Waals surface area (Å²) in [5.74, 6) is 5.98. The molecule has 0 radical (unpaired) electrons. The molecule has 2 N–H and O–H groups in total. The fraction of sp³-hybridized carbons (Fsp3) is 1.00. The second kappa shape index (κ2) is 4.01. The maximum absolute atomic E-state index is 6.30. The standard InChI is InChI=1S/C15H27N/c1-9(2)15(16)8-14-12-4-10-3-11(6-12)7-13(14)5-10/h9-15H,3-8,16H2,1-2H3. The van der Waals surface area contributed by atoms with E-state index in [0.29, 0.717) is 12.0 Å². The van der Waals surface area contributed by atoms with Gasteiger partial charge < -0.3 is 5.73 Å². The molecule has 4 bridgehead atoms. The van der Waals surface area contributed by atoms with Crippen molar-refractivity contribution in [2.45, 2.75) is 58.4 Å². The highest BCUT2D eigenvalue weighted by molar-refractivity contribution is 4.98. The minimum atomic E-state index is 0.447. The fourth-order valence-electron chi connectivity index (χ4n) is 5.01. The van der Waals surface area contributed by atoms with Crippen LogP contribution < -0.4 is 5.73 Å². The summed E-state index contributed by atoms with van der Waals surface area (Å²) in [6.07, 6.45) is 9.05. The van der Waals surface area contributed by atoms with E-state index in [1.807, 2.05) is 0 Å². The van der Waals surface area contributed by atoms with Crippen LogP contribution in [0.3, 0.4) is 0 Å². The zero-order chi connectivity index (χ0) is 11.3. The fourth-order valence-corrected chi connectivity index (χ4v) is 5.01. The number of hydrogen-bond acceptors (Lipinski definition) is 1. The van der Waals surface area contributed by atoms with Gasteiger partial charge >= 0.3 is 0 Å². The molecule has 1 atom stereocenters. The molecule has 0 aliphatic heterocycles. The van der Waals surface area contributed by atoms with Crippen LogP contribution in [-0.2, 0) is 0 Å². The van der Waals surface area contributed by atoms with Crippen LogP contribution >= 0.6 is 0 Å². The second-order valence-electron chi connectivity index (χ2n) is 7.24. The first-order valence-electron chi connectivity index (χ1n) is 7.39. The van der Waals surface area contributed by atoms with E-state index in [1.165, 1.54) is 6.42 Å². The van der Waals surface area contributed by atoms with E-state index in [-0.39, 0.29) is 0 Å². The Bertz CT molecular complexity index is 230. The maximum atomic E-state index is 6.30. The molecule has 16 heavy (non-hydrogen) atoms. The summed E-state index contributed by atoms with van der Waals surface area (Å²) in [5, 5.41) is 0. The van der Waals surface area contributed by atoms with Gasteiger partial charge in [0.2, 0.25) is 0 Å². The van der Waals surface area contributed by atoms with Crippen LogP contribution in [0, 0.1) is 35.5 Å². The first-order valence-corrected chi connectivity index (χ1v) is 7.39. The molecule has 0 saturated heterocycles. The maximum Gasteiger partial charge on any atom is 0.00647 e. The molecule has 0 aromatic heterocycles. The summed E-state index contributed by atoms with van der Waals surface area (Å²) in [6, 6.07) is 0.447. The highest BCUT2D eigenvalue weighted by Crippen LogP contribution is 2.57. The first-order chi connectivity index (χ1) is 7.63. The molecule has 1 unspecified atom stereocenters. The average molecular weight is 221 g/mol. The lowest BCUT2D eigenvalue weighted by molar-refractivity contribution is -0.0433. The smallest absolute Gasteiger partial charge is 0.00647 e. The van der Waals surface area contributed by atoms with Crippen LogP contribution in [0.4, 0.5) is 0 Å². The van der Waals surface area contributed by atoms with Gasteiger partial charge in [-0.25, -0.2) is 0 Å². The van der Waals surface area contributed by atoms with E-state index in [2.05, 4.69) is 13.8 Å². The van der Waals surface area contributed by atoms with Gasteiger partial charge in [-0.1, -0.05) is 13.8 Å². The molecule has 1 heteroatoms. The van der Waals surface area contributed by atoms with E-state index in [0.717, 1.165) is 29.6 Å². The molecule has 1 nitrogen and oxygen atoms in total. The van der Waals surface area contributed by atoms with Gasteiger partial charge in [0, 0.05) is 6.04 Å². The Hall–Kier alpha value is -0.0400. The third-order valence-electron chi connectivity index (χ3n) is 5.82. The normalized spacial score (nSPS) is 47.6. The predicted octanol–water partition coefficient (Wildman–Crippen LogP) is 3.43. The monoisotopic (exact) mass is 221 g/mol. The number of rotatable bonds is 3. The Morgan fingerprint density at radius 3 is 1.88 bits per heavy atom. The van der Waals surface area contributed by atoms with Crippen LogP contribution in [0.25, 0.3) is 0 Å². The van der Waals surface area contributed by atoms with E-state index in [1.54, 1.807) is 32.1 Å². The Labute approximate surface area is 100 Å². The third kappa shape index (κ3) is 1.81. The average Bonchev–Trinajstić information content (AvgIpc) is 2.21. The van der Waals surface area contributed by atoms with Crippen LogP contribution in [0.1, 0.15) is 52.4 Å². The Morgan fingerprint density at radius 2 is 1.44 bits per heavy atom. The minimum Gasteiger partial charge on any atom is -0.327 e. The molecule has 4 rings (SSSR count). The first kappa shape index (κ1) is 11.1. The zero-order valence-electron chi connectivity index (χ0n) is 10.9. The minimum absolute atomic E-state index is 0.447. The Morgan fingerprint density at radius 1 is 0.938 bits per heavy atom. The van der Waals surface area contributed by atoms with Crippen molar-refractivity contribution in [2.24, 2.45) is 41.2 Å². The van der Waals surface area contributed by atoms with Crippen molar-refractivity contribution in [3.63, 3.8) is 0 Å². The van der Waals surface area contributed by atoms with E-state index >= 15 is 0 Å². The molecular formula is C15H27N. The molecule has 4 fully saturated rings. The molecule has 0 amide bonds. The molecule has 4 aliphatic rings. The van der Waals surface area contributed by atoms with Gasteiger partial charge in [-0.05, 0) is 74.0 Å². The molecule has 0 aromatic rings. The van der Waals surface area contributed by atoms with E-state index in [4.69, 9.17) is 5.73 Å². The van der Waals surface area contributed by atoms with Crippen molar-refractivity contribution in [3.05, 3.63) is 0 Å². The summed E-state index contributed by atoms with van der Waals surface area (Å²) in [5.41, 5.74) is 6.30. The molecular weight excluding hydrogens is 194 g/mol. The van der Waals surface area contributed by atoms with Crippen molar-refractivity contribution in [2.75, 3.05) is 0 Å². The van der Waals surface area contributed by atoms with Crippen LogP contribution in [0.15, 0.2) is 0 Å². The van der Waals surface area contributed by atoms with Gasteiger partial charge in [0.05, 0.1) is 0 Å². The highest BCUT2D eigenvalue weighted by Gasteiger charge is 2.48. The molecule has 0 spiro atoms. The lowest BCUT2D eigenvalue weighted by Gasteiger charge is -2.55. The van der Waals surface area contributed by atoms with Crippen molar-refractivity contribution in [3.8, 4) is 0 Å². The number of hydrogen-bond donors (Lipinski definition) is 1. The van der Waals surface area contributed by atoms with Gasteiger partial charge in [0.1, 0.15) is 0 Å². The van der Waals surface area contributed by atoms with Gasteiger partial charge in [-0.2, -0.15) is 0 Å². The summed E-state index contributed by atoms with van der Waals surface area (Å²) < 4.78 is 0. The SMILES string of the molecule is CC(C)C(N)CC1C2CC3CC(C2)CC1C3. The van der Waals surface area contributed by atoms with Crippen LogP contribution in [0.2, 0.25) is 0 Å². The van der Waals surface area contributed by atoms with Crippen molar-refractivity contribution < 1.29 is 0 Å². The van der Waals surface area contributed by atoms with E-state index < -0.39 is 0 Å². The van der Waals surface area contributed by atoms with Crippen molar-refractivity contribution >= 4 is 0 Å². The van der Waals surface area contributed by atoms with Crippen molar-refractivity contribution in [1.82, 2.24) is 0 Å². The highest BCUT2D eigenvalue weighted by atomic mass is 14.7. The molecule has 0 heterocycles. The Kier molecular flexibility index (Phi) is 2.78. The molecule has 0 aromatic carbocycles. The lowest BCUT2D eigenvalue weighted by atomic mass is 9.51. The summed E-state index contributed by atoms with van der Waals surface area (Å²) >= 11 is 0. The van der Waals surface area contributed by atoms with Gasteiger partial charge in [-0.15, -0.1) is 0 Å². The lowest BCUT2D eigenvalue weighted by Crippen LogP contribution is -2.47. The Balaban J connectivity index is 1.67. The third-order valence-corrected chi connectivity index (χ3v) is 5.82. The van der Waals surface area contributed by atoms with Crippen molar-refractivity contribution in [1.29, 1.82) is 0 Å². The molecule has 4 saturated carbocycles. The predicted molar refractivity (Wildman–Crippen MR) is 68.0 cm³/mol. The molecule has 92 valence electrons. The largest absolute Gasteiger partial charge is 0.327 e. The second-order valence-corrected chi connectivity index (χ2v) is 7.24. The summed E-state index contributed by atoms with van der Waals surface area (Å²) in [6.45, 7) is 4.56. The quantitative estimate of drug-likeness (QED) is 0.776. The number of nitrogens with two attached hydrogens (primary N) is 1. The van der Waals surface area contributed by atoms with Crippen LogP contribution in [0.5, 0.6) is 0 Å². The van der Waals surface area contributed by atoms with Gasteiger partial charge in [0.15, 0.2) is 0 Å². The molecule has 4 aliphatic carbocycles. The van der Waals surface area contributed by atoms with Gasteiger partial charge in [-0.3, -0.25) is 0 Å². The summed E-state index contributed by atoms with van der Waals surface area (Å²) in [4.78, 5) is 0. The van der Waals surface area contributed by atoms with Crippen LogP contribution in [-0.4, -0.2) is 6.04 Å². The summed E-state index contributed by atoms with van der Waals surface area (Å²) in [7, 11) is 0. The topological polar surface area (TPSA) is 26.0 Å². The van der Waals surface area contributed by atoms with E-state index in [9.17, 15) is 0 Å².